The first kappa shape index (κ1) is 13.9. The molecule has 0 bridgehead atoms. The molecule has 122 valence electrons. The van der Waals surface area contributed by atoms with Crippen LogP contribution in [0.4, 0.5) is 0 Å². The Morgan fingerprint density at radius 3 is 2.60 bits per heavy atom. The largest absolute Gasteiger partial charge is 0.508 e. The van der Waals surface area contributed by atoms with Crippen molar-refractivity contribution in [1.29, 1.82) is 0 Å². The van der Waals surface area contributed by atoms with Gasteiger partial charge in [0.1, 0.15) is 22.9 Å². The first-order valence-electron chi connectivity index (χ1n) is 7.63. The van der Waals surface area contributed by atoms with E-state index in [4.69, 9.17) is 9.47 Å². The fraction of sp³-hybridized carbons (Fsp3) is 0.0526. The molecule has 0 radical (unpaired) electrons. The van der Waals surface area contributed by atoms with E-state index in [1.807, 2.05) is 6.07 Å². The van der Waals surface area contributed by atoms with E-state index < -0.39 is 11.6 Å². The molecule has 0 saturated carbocycles. The van der Waals surface area contributed by atoms with Crippen molar-refractivity contribution in [2.45, 2.75) is 5.60 Å². The van der Waals surface area contributed by atoms with Crippen LogP contribution in [0, 0.1) is 0 Å². The highest BCUT2D eigenvalue weighted by molar-refractivity contribution is 5.96. The molecule has 6 nitrogen and oxygen atoms in total. The molecule has 0 saturated heterocycles. The summed E-state index contributed by atoms with van der Waals surface area (Å²) in [5.74, 6) is 0.0857. The van der Waals surface area contributed by atoms with Gasteiger partial charge in [0, 0.05) is 23.3 Å². The molecule has 5 rings (SSSR count). The third-order valence-electron chi connectivity index (χ3n) is 4.51. The van der Waals surface area contributed by atoms with Crippen LogP contribution in [0.5, 0.6) is 23.0 Å². The Kier molecular flexibility index (Phi) is 2.50. The highest BCUT2D eigenvalue weighted by Gasteiger charge is 2.54. The summed E-state index contributed by atoms with van der Waals surface area (Å²) >= 11 is 0. The number of esters is 1. The number of nitrogens with zero attached hydrogens (tertiary/aromatic N) is 1. The van der Waals surface area contributed by atoms with Crippen molar-refractivity contribution in [3.05, 3.63) is 77.1 Å². The average molecular weight is 333 g/mol. The van der Waals surface area contributed by atoms with Crippen LogP contribution in [0.25, 0.3) is 0 Å². The third kappa shape index (κ3) is 1.68. The molecular weight excluding hydrogens is 322 g/mol. The van der Waals surface area contributed by atoms with Crippen LogP contribution >= 0.6 is 0 Å². The summed E-state index contributed by atoms with van der Waals surface area (Å²) in [7, 11) is 0. The Labute approximate surface area is 141 Å². The minimum absolute atomic E-state index is 0.0167. The number of carbonyl (C=O) groups excluding carboxylic acids is 1. The van der Waals surface area contributed by atoms with Gasteiger partial charge < -0.3 is 19.7 Å². The summed E-state index contributed by atoms with van der Waals surface area (Å²) in [4.78, 5) is 16.8. The number of phenolic OH excluding ortho intramolecular Hbond substituents is 1. The summed E-state index contributed by atoms with van der Waals surface area (Å²) in [5, 5.41) is 19.6. The molecule has 25 heavy (non-hydrogen) atoms. The van der Waals surface area contributed by atoms with Crippen LogP contribution in [0.2, 0.25) is 0 Å². The van der Waals surface area contributed by atoms with E-state index in [9.17, 15) is 15.0 Å². The molecule has 1 aromatic heterocycles. The van der Waals surface area contributed by atoms with Crippen molar-refractivity contribution in [2.75, 3.05) is 0 Å². The van der Waals surface area contributed by atoms with Crippen molar-refractivity contribution in [2.24, 2.45) is 0 Å². The van der Waals surface area contributed by atoms with Crippen molar-refractivity contribution in [3.8, 4) is 23.0 Å². The van der Waals surface area contributed by atoms with E-state index in [1.165, 1.54) is 24.4 Å². The molecule has 1 atom stereocenters. The number of rotatable bonds is 0. The molecule has 2 aromatic carbocycles. The number of hydrogen-bond acceptors (Lipinski definition) is 6. The summed E-state index contributed by atoms with van der Waals surface area (Å²) in [5.41, 5.74) is 0.757. The average Bonchev–Trinajstić information content (AvgIpc) is 2.88. The number of hydrogen-bond donors (Lipinski definition) is 2. The van der Waals surface area contributed by atoms with Gasteiger partial charge in [-0.15, -0.1) is 0 Å². The standard InChI is InChI=1S/C19H11NO5/c21-10-5-6-14-15(7-10)24-16-8-11(22)9-20-17(16)19(14)13-4-2-1-3-12(13)18(23)25-19/h1-9,21-22H. The van der Waals surface area contributed by atoms with Crippen molar-refractivity contribution in [1.82, 2.24) is 4.98 Å². The lowest BCUT2D eigenvalue weighted by molar-refractivity contribution is 0.0209. The number of aromatic nitrogens is 1. The first-order chi connectivity index (χ1) is 12.1. The Morgan fingerprint density at radius 2 is 1.72 bits per heavy atom. The lowest BCUT2D eigenvalue weighted by Crippen LogP contribution is -2.34. The molecule has 2 aliphatic rings. The van der Waals surface area contributed by atoms with Gasteiger partial charge in [-0.3, -0.25) is 0 Å². The second-order valence-corrected chi connectivity index (χ2v) is 5.94. The topological polar surface area (TPSA) is 88.9 Å². The number of phenols is 1. The molecule has 2 N–H and O–H groups in total. The zero-order chi connectivity index (χ0) is 17.2. The normalized spacial score (nSPS) is 19.6. The third-order valence-corrected chi connectivity index (χ3v) is 4.51. The molecule has 1 spiro atoms. The predicted octanol–water partition coefficient (Wildman–Crippen LogP) is 3.06. The number of aromatic hydroxyl groups is 2. The number of ether oxygens (including phenoxy) is 2. The zero-order valence-corrected chi connectivity index (χ0v) is 12.8. The van der Waals surface area contributed by atoms with E-state index in [-0.39, 0.29) is 17.2 Å². The van der Waals surface area contributed by atoms with E-state index in [2.05, 4.69) is 4.98 Å². The van der Waals surface area contributed by atoms with Crippen LogP contribution in [0.15, 0.2) is 54.7 Å². The minimum Gasteiger partial charge on any atom is -0.508 e. The highest BCUT2D eigenvalue weighted by Crippen LogP contribution is 2.55. The van der Waals surface area contributed by atoms with Gasteiger partial charge >= 0.3 is 5.97 Å². The molecule has 0 fully saturated rings. The van der Waals surface area contributed by atoms with E-state index in [0.29, 0.717) is 28.1 Å². The second-order valence-electron chi connectivity index (χ2n) is 5.94. The van der Waals surface area contributed by atoms with Gasteiger partial charge in [0.2, 0.25) is 5.60 Å². The number of benzene rings is 2. The van der Waals surface area contributed by atoms with Crippen molar-refractivity contribution in [3.63, 3.8) is 0 Å². The maximum atomic E-state index is 12.5. The lowest BCUT2D eigenvalue weighted by atomic mass is 9.80. The van der Waals surface area contributed by atoms with Gasteiger partial charge in [-0.2, -0.15) is 0 Å². The van der Waals surface area contributed by atoms with Gasteiger partial charge in [0.05, 0.1) is 11.8 Å². The fourth-order valence-corrected chi connectivity index (χ4v) is 3.50. The zero-order valence-electron chi connectivity index (χ0n) is 12.8. The first-order valence-corrected chi connectivity index (χ1v) is 7.63. The number of fused-ring (bicyclic) bond motifs is 6. The van der Waals surface area contributed by atoms with E-state index in [0.717, 1.165) is 0 Å². The Hall–Kier alpha value is -3.54. The summed E-state index contributed by atoms with van der Waals surface area (Å²) in [6.07, 6.45) is 1.28. The maximum Gasteiger partial charge on any atom is 0.340 e. The van der Waals surface area contributed by atoms with Crippen molar-refractivity contribution >= 4 is 5.97 Å². The lowest BCUT2D eigenvalue weighted by Gasteiger charge is -2.35. The van der Waals surface area contributed by atoms with E-state index >= 15 is 0 Å². The summed E-state index contributed by atoms with van der Waals surface area (Å²) in [6, 6.07) is 13.1. The maximum absolute atomic E-state index is 12.5. The summed E-state index contributed by atoms with van der Waals surface area (Å²) in [6.45, 7) is 0. The van der Waals surface area contributed by atoms with Gasteiger partial charge in [0.25, 0.3) is 0 Å². The highest BCUT2D eigenvalue weighted by atomic mass is 16.6. The Bertz CT molecular complexity index is 1010. The molecule has 3 heterocycles. The minimum atomic E-state index is -1.28. The van der Waals surface area contributed by atoms with Crippen LogP contribution in [-0.2, 0) is 10.3 Å². The number of carbonyl (C=O) groups is 1. The van der Waals surface area contributed by atoms with Crippen LogP contribution < -0.4 is 4.74 Å². The Balaban J connectivity index is 1.91. The van der Waals surface area contributed by atoms with Crippen LogP contribution in [0.3, 0.4) is 0 Å². The van der Waals surface area contributed by atoms with Gasteiger partial charge in [-0.1, -0.05) is 18.2 Å². The molecular formula is C19H11NO5. The summed E-state index contributed by atoms with van der Waals surface area (Å²) < 4.78 is 11.7. The van der Waals surface area contributed by atoms with Crippen LogP contribution in [0.1, 0.15) is 27.2 Å². The molecule has 0 aliphatic carbocycles. The SMILES string of the molecule is O=C1OC2(c3ccc(O)cc3Oc3cc(O)cnc32)c2ccccc21. The van der Waals surface area contributed by atoms with Gasteiger partial charge in [-0.25, -0.2) is 9.78 Å². The van der Waals surface area contributed by atoms with Crippen LogP contribution in [-0.4, -0.2) is 21.2 Å². The molecule has 3 aromatic rings. The smallest absolute Gasteiger partial charge is 0.340 e. The fourth-order valence-electron chi connectivity index (χ4n) is 3.50. The van der Waals surface area contributed by atoms with Gasteiger partial charge in [0.15, 0.2) is 5.75 Å². The second kappa shape index (κ2) is 4.51. The van der Waals surface area contributed by atoms with E-state index in [1.54, 1.807) is 24.3 Å². The van der Waals surface area contributed by atoms with Crippen molar-refractivity contribution < 1.29 is 24.5 Å². The molecule has 1 unspecified atom stereocenters. The van der Waals surface area contributed by atoms with Gasteiger partial charge in [-0.05, 0) is 18.2 Å². The molecule has 0 amide bonds. The number of pyridine rings is 1. The predicted molar refractivity (Wildman–Crippen MR) is 85.8 cm³/mol. The Morgan fingerprint density at radius 1 is 0.920 bits per heavy atom. The molecule has 2 aliphatic heterocycles. The quantitative estimate of drug-likeness (QED) is 0.615. The monoisotopic (exact) mass is 333 g/mol. The molecule has 6 heteroatoms.